The molecule has 2 fully saturated rings. The van der Waals surface area contributed by atoms with E-state index in [9.17, 15) is 19.5 Å². The third-order valence-electron chi connectivity index (χ3n) is 5.72. The Balaban J connectivity index is 1.56. The Bertz CT molecular complexity index is 753. The fourth-order valence-electron chi connectivity index (χ4n) is 4.16. The number of aryl methyl sites for hydroxylation is 1. The van der Waals surface area contributed by atoms with Crippen LogP contribution in [0.25, 0.3) is 0 Å². The number of hydrogen-bond donors (Lipinski definition) is 3. The van der Waals surface area contributed by atoms with Gasteiger partial charge in [0.25, 0.3) is 5.91 Å². The van der Waals surface area contributed by atoms with E-state index in [2.05, 4.69) is 10.6 Å². The van der Waals surface area contributed by atoms with Gasteiger partial charge in [-0.1, -0.05) is 12.8 Å². The number of anilines is 1. The van der Waals surface area contributed by atoms with Crippen LogP contribution in [-0.2, 0) is 22.4 Å². The molecule has 1 aromatic heterocycles. The van der Waals surface area contributed by atoms with Gasteiger partial charge in [0.05, 0.1) is 17.4 Å². The molecule has 3 aliphatic rings. The van der Waals surface area contributed by atoms with Crippen LogP contribution >= 0.6 is 11.3 Å². The Morgan fingerprint density at radius 1 is 0.962 bits per heavy atom. The second kappa shape index (κ2) is 7.02. The number of rotatable bonds is 5. The molecular formula is C19H24N2O4S. The summed E-state index contributed by atoms with van der Waals surface area (Å²) in [7, 11) is 0. The molecule has 2 atom stereocenters. The maximum absolute atomic E-state index is 12.8. The Hall–Kier alpha value is -1.89. The monoisotopic (exact) mass is 376 g/mol. The van der Waals surface area contributed by atoms with Crippen LogP contribution in [0.15, 0.2) is 0 Å². The highest BCUT2D eigenvalue weighted by Gasteiger charge is 2.37. The molecule has 0 aromatic carbocycles. The first-order chi connectivity index (χ1) is 12.5. The van der Waals surface area contributed by atoms with Crippen molar-refractivity contribution in [2.45, 2.75) is 63.8 Å². The van der Waals surface area contributed by atoms with Gasteiger partial charge in [0.1, 0.15) is 5.00 Å². The van der Waals surface area contributed by atoms with Crippen molar-refractivity contribution in [1.29, 1.82) is 0 Å². The summed E-state index contributed by atoms with van der Waals surface area (Å²) in [5.74, 6) is -2.39. The van der Waals surface area contributed by atoms with Crippen LogP contribution in [-0.4, -0.2) is 28.9 Å². The third kappa shape index (κ3) is 3.37. The minimum Gasteiger partial charge on any atom is -0.481 e. The Morgan fingerprint density at radius 2 is 1.69 bits per heavy atom. The molecule has 1 heterocycles. The van der Waals surface area contributed by atoms with Gasteiger partial charge < -0.3 is 15.7 Å². The first-order valence-electron chi connectivity index (χ1n) is 9.53. The summed E-state index contributed by atoms with van der Waals surface area (Å²) in [5.41, 5.74) is 1.69. The smallest absolute Gasteiger partial charge is 0.307 e. The van der Waals surface area contributed by atoms with E-state index in [1.807, 2.05) is 0 Å². The quantitative estimate of drug-likeness (QED) is 0.736. The topological polar surface area (TPSA) is 95.5 Å². The maximum atomic E-state index is 12.8. The first-order valence-corrected chi connectivity index (χ1v) is 10.4. The van der Waals surface area contributed by atoms with E-state index >= 15 is 0 Å². The number of carbonyl (C=O) groups excluding carboxylic acids is 2. The number of nitrogens with one attached hydrogen (secondary N) is 2. The van der Waals surface area contributed by atoms with Gasteiger partial charge in [-0.25, -0.2) is 0 Å². The number of carboxylic acid groups (broad SMARTS) is 1. The SMILES string of the molecule is O=C(NC1CC1)c1c(NC(=O)[C@H]2CCCC[C@@H]2C(=O)O)sc2c1CCC2. The molecule has 0 radical (unpaired) electrons. The van der Waals surface area contributed by atoms with Crippen LogP contribution in [0.3, 0.4) is 0 Å². The second-order valence-electron chi connectivity index (χ2n) is 7.63. The fourth-order valence-corrected chi connectivity index (χ4v) is 5.45. The van der Waals surface area contributed by atoms with Crippen LogP contribution < -0.4 is 10.6 Å². The van der Waals surface area contributed by atoms with E-state index in [-0.39, 0.29) is 17.9 Å². The molecule has 3 aliphatic carbocycles. The van der Waals surface area contributed by atoms with Gasteiger partial charge in [-0.2, -0.15) is 0 Å². The lowest BCUT2D eigenvalue weighted by Crippen LogP contribution is -2.36. The van der Waals surface area contributed by atoms with Crippen molar-refractivity contribution in [3.05, 3.63) is 16.0 Å². The molecule has 6 nitrogen and oxygen atoms in total. The van der Waals surface area contributed by atoms with Crippen LogP contribution in [0.2, 0.25) is 0 Å². The molecule has 0 saturated heterocycles. The number of carbonyl (C=O) groups is 3. The number of amides is 2. The summed E-state index contributed by atoms with van der Waals surface area (Å²) >= 11 is 1.49. The largest absolute Gasteiger partial charge is 0.481 e. The summed E-state index contributed by atoms with van der Waals surface area (Å²) in [6.45, 7) is 0. The van der Waals surface area contributed by atoms with Crippen molar-refractivity contribution in [1.82, 2.24) is 5.32 Å². The highest BCUT2D eigenvalue weighted by Crippen LogP contribution is 2.40. The first kappa shape index (κ1) is 17.5. The molecule has 7 heteroatoms. The fraction of sp³-hybridized carbons (Fsp3) is 0.632. The number of carboxylic acids is 1. The lowest BCUT2D eigenvalue weighted by Gasteiger charge is -2.27. The van der Waals surface area contributed by atoms with Crippen molar-refractivity contribution in [2.75, 3.05) is 5.32 Å². The average molecular weight is 376 g/mol. The van der Waals surface area contributed by atoms with Gasteiger partial charge in [0.15, 0.2) is 0 Å². The lowest BCUT2D eigenvalue weighted by molar-refractivity contribution is -0.147. The van der Waals surface area contributed by atoms with Gasteiger partial charge in [-0.05, 0) is 50.5 Å². The molecule has 26 heavy (non-hydrogen) atoms. The standard InChI is InChI=1S/C19H24N2O4S/c22-16(11-4-1-2-5-12(11)19(24)25)21-18-15(17(23)20-10-8-9-10)13-6-3-7-14(13)26-18/h10-12H,1-9H2,(H,20,23)(H,21,22)(H,24,25)/t11-,12-/m0/s1. The zero-order valence-electron chi connectivity index (χ0n) is 14.7. The molecule has 0 spiro atoms. The van der Waals surface area contributed by atoms with Gasteiger partial charge in [0.2, 0.25) is 5.91 Å². The Morgan fingerprint density at radius 3 is 2.38 bits per heavy atom. The van der Waals surface area contributed by atoms with E-state index in [4.69, 9.17) is 0 Å². The van der Waals surface area contributed by atoms with Crippen molar-refractivity contribution < 1.29 is 19.5 Å². The van der Waals surface area contributed by atoms with E-state index in [1.165, 1.54) is 16.2 Å². The minimum atomic E-state index is -0.898. The molecule has 1 aromatic rings. The highest BCUT2D eigenvalue weighted by molar-refractivity contribution is 7.17. The molecule has 2 saturated carbocycles. The molecule has 0 bridgehead atoms. The van der Waals surface area contributed by atoms with Crippen molar-refractivity contribution in [3.63, 3.8) is 0 Å². The zero-order chi connectivity index (χ0) is 18.3. The molecule has 0 aliphatic heterocycles. The number of aliphatic carboxylic acids is 1. The molecule has 3 N–H and O–H groups in total. The third-order valence-corrected chi connectivity index (χ3v) is 6.92. The number of hydrogen-bond acceptors (Lipinski definition) is 4. The van der Waals surface area contributed by atoms with Gasteiger partial charge in [0, 0.05) is 10.9 Å². The normalized spacial score (nSPS) is 24.8. The van der Waals surface area contributed by atoms with E-state index in [0.717, 1.165) is 50.5 Å². The van der Waals surface area contributed by atoms with E-state index in [1.54, 1.807) is 0 Å². The average Bonchev–Trinajstić information content (AvgIpc) is 3.20. The molecule has 0 unspecified atom stereocenters. The van der Waals surface area contributed by atoms with Gasteiger partial charge in [-0.15, -0.1) is 11.3 Å². The maximum Gasteiger partial charge on any atom is 0.307 e. The molecule has 4 rings (SSSR count). The number of fused-ring (bicyclic) bond motifs is 1. The predicted molar refractivity (Wildman–Crippen MR) is 98.5 cm³/mol. The molecule has 2 amide bonds. The summed E-state index contributed by atoms with van der Waals surface area (Å²) in [5, 5.41) is 16.0. The van der Waals surface area contributed by atoms with Crippen LogP contribution in [0.4, 0.5) is 5.00 Å². The van der Waals surface area contributed by atoms with Crippen LogP contribution in [0.5, 0.6) is 0 Å². The van der Waals surface area contributed by atoms with Crippen LogP contribution in [0.1, 0.15) is 65.7 Å². The van der Waals surface area contributed by atoms with Gasteiger partial charge in [-0.3, -0.25) is 14.4 Å². The van der Waals surface area contributed by atoms with Crippen molar-refractivity contribution >= 4 is 34.1 Å². The number of thiophene rings is 1. The summed E-state index contributed by atoms with van der Waals surface area (Å²) in [6, 6.07) is 0.262. The predicted octanol–water partition coefficient (Wildman–Crippen LogP) is 2.96. The lowest BCUT2D eigenvalue weighted by atomic mass is 9.79. The zero-order valence-corrected chi connectivity index (χ0v) is 15.5. The Labute approximate surface area is 156 Å². The minimum absolute atomic E-state index is 0.0966. The van der Waals surface area contributed by atoms with Crippen LogP contribution in [0, 0.1) is 11.8 Å². The van der Waals surface area contributed by atoms with E-state index < -0.39 is 17.8 Å². The summed E-state index contributed by atoms with van der Waals surface area (Å²) < 4.78 is 0. The summed E-state index contributed by atoms with van der Waals surface area (Å²) in [6.07, 6.45) is 7.76. The molecular weight excluding hydrogens is 352 g/mol. The molecule has 140 valence electrons. The van der Waals surface area contributed by atoms with Gasteiger partial charge >= 0.3 is 5.97 Å². The van der Waals surface area contributed by atoms with Crippen molar-refractivity contribution in [3.8, 4) is 0 Å². The second-order valence-corrected chi connectivity index (χ2v) is 8.74. The Kier molecular flexibility index (Phi) is 4.73. The summed E-state index contributed by atoms with van der Waals surface area (Å²) in [4.78, 5) is 38.2. The highest BCUT2D eigenvalue weighted by atomic mass is 32.1. The van der Waals surface area contributed by atoms with Crippen molar-refractivity contribution in [2.24, 2.45) is 11.8 Å². The van der Waals surface area contributed by atoms with E-state index in [0.29, 0.717) is 23.4 Å².